The Hall–Kier alpha value is -1.55. The molecule has 1 aliphatic heterocycles. The molecule has 1 aromatic carbocycles. The summed E-state index contributed by atoms with van der Waals surface area (Å²) >= 11 is 0. The van der Waals surface area contributed by atoms with Crippen LogP contribution in [0.1, 0.15) is 19.4 Å². The molecule has 4 heteroatoms. The lowest BCUT2D eigenvalue weighted by molar-refractivity contribution is -0.141. The number of nitrogens with zero attached hydrogens (tertiary/aromatic N) is 1. The Morgan fingerprint density at radius 2 is 2.05 bits per heavy atom. The molecule has 0 aliphatic carbocycles. The van der Waals surface area contributed by atoms with Crippen molar-refractivity contribution in [3.63, 3.8) is 0 Å². The fourth-order valence-corrected chi connectivity index (χ4v) is 2.51. The molecule has 19 heavy (non-hydrogen) atoms. The van der Waals surface area contributed by atoms with Crippen molar-refractivity contribution in [2.45, 2.75) is 26.3 Å². The monoisotopic (exact) mass is 262 g/mol. The lowest BCUT2D eigenvalue weighted by atomic mass is 10.1. The minimum absolute atomic E-state index is 0.303. The number of nitrogens with one attached hydrogen (secondary N) is 1. The molecule has 2 rings (SSSR count). The number of aryl methyl sites for hydroxylation is 1. The highest BCUT2D eigenvalue weighted by Gasteiger charge is 2.27. The third kappa shape index (κ3) is 3.26. The van der Waals surface area contributed by atoms with Crippen LogP contribution in [0, 0.1) is 5.92 Å². The number of carboxylic acids is 1. The van der Waals surface area contributed by atoms with Gasteiger partial charge in [0.15, 0.2) is 0 Å². The van der Waals surface area contributed by atoms with Crippen molar-refractivity contribution in [3.05, 3.63) is 29.8 Å². The first-order valence-electron chi connectivity index (χ1n) is 6.91. The zero-order valence-corrected chi connectivity index (χ0v) is 11.6. The van der Waals surface area contributed by atoms with Crippen LogP contribution in [0.2, 0.25) is 0 Å². The number of rotatable bonds is 3. The van der Waals surface area contributed by atoms with Gasteiger partial charge in [0, 0.05) is 31.4 Å². The fourth-order valence-electron chi connectivity index (χ4n) is 2.51. The van der Waals surface area contributed by atoms with Gasteiger partial charge in [-0.2, -0.15) is 0 Å². The molecule has 0 saturated carbocycles. The first-order valence-corrected chi connectivity index (χ1v) is 6.91. The molecule has 1 aromatic rings. The average Bonchev–Trinajstić information content (AvgIpc) is 2.61. The predicted octanol–water partition coefficient (Wildman–Crippen LogP) is 1.75. The van der Waals surface area contributed by atoms with Crippen LogP contribution in [0.25, 0.3) is 0 Å². The van der Waals surface area contributed by atoms with Crippen LogP contribution in [0.15, 0.2) is 24.3 Å². The van der Waals surface area contributed by atoms with Crippen LogP contribution in [0.5, 0.6) is 0 Å². The molecule has 4 nitrogen and oxygen atoms in total. The van der Waals surface area contributed by atoms with E-state index in [2.05, 4.69) is 48.3 Å². The highest BCUT2D eigenvalue weighted by Crippen LogP contribution is 2.21. The molecule has 0 aromatic heterocycles. The van der Waals surface area contributed by atoms with E-state index in [-0.39, 0.29) is 5.92 Å². The Kier molecular flexibility index (Phi) is 4.43. The van der Waals surface area contributed by atoms with Crippen LogP contribution in [-0.4, -0.2) is 36.8 Å². The summed E-state index contributed by atoms with van der Waals surface area (Å²) in [7, 11) is 0. The molecule has 1 aliphatic rings. The van der Waals surface area contributed by atoms with E-state index in [1.165, 1.54) is 5.56 Å². The summed E-state index contributed by atoms with van der Waals surface area (Å²) in [4.78, 5) is 13.4. The van der Waals surface area contributed by atoms with Gasteiger partial charge < -0.3 is 15.3 Å². The lowest BCUT2D eigenvalue weighted by Gasteiger charge is -2.30. The van der Waals surface area contributed by atoms with E-state index in [0.717, 1.165) is 18.7 Å². The molecule has 0 radical (unpaired) electrons. The van der Waals surface area contributed by atoms with Gasteiger partial charge in [-0.1, -0.05) is 19.1 Å². The van der Waals surface area contributed by atoms with Gasteiger partial charge in [-0.15, -0.1) is 0 Å². The van der Waals surface area contributed by atoms with Crippen molar-refractivity contribution < 1.29 is 9.90 Å². The maximum Gasteiger partial charge on any atom is 0.309 e. The zero-order valence-electron chi connectivity index (χ0n) is 11.6. The molecular weight excluding hydrogens is 240 g/mol. The predicted molar refractivity (Wildman–Crippen MR) is 76.6 cm³/mol. The maximum atomic E-state index is 11.2. The minimum atomic E-state index is -0.725. The Morgan fingerprint density at radius 3 is 2.63 bits per heavy atom. The number of carboxylic acid groups (broad SMARTS) is 1. The summed E-state index contributed by atoms with van der Waals surface area (Å²) in [6, 6.07) is 8.74. The van der Waals surface area contributed by atoms with Gasteiger partial charge in [-0.3, -0.25) is 4.79 Å². The molecule has 1 fully saturated rings. The van der Waals surface area contributed by atoms with E-state index in [1.54, 1.807) is 0 Å². The van der Waals surface area contributed by atoms with E-state index in [9.17, 15) is 9.90 Å². The van der Waals surface area contributed by atoms with Crippen molar-refractivity contribution in [2.75, 3.05) is 24.5 Å². The van der Waals surface area contributed by atoms with Gasteiger partial charge in [-0.25, -0.2) is 0 Å². The molecule has 0 bridgehead atoms. The van der Waals surface area contributed by atoms with E-state index in [1.807, 2.05) is 0 Å². The Balaban J connectivity index is 2.20. The Labute approximate surface area is 114 Å². The molecule has 2 unspecified atom stereocenters. The summed E-state index contributed by atoms with van der Waals surface area (Å²) in [5, 5.41) is 12.5. The normalized spacial score (nSPS) is 24.0. The van der Waals surface area contributed by atoms with E-state index < -0.39 is 5.97 Å². The fraction of sp³-hybridized carbons (Fsp3) is 0.533. The summed E-state index contributed by atoms with van der Waals surface area (Å²) in [5.41, 5.74) is 2.42. The van der Waals surface area contributed by atoms with Crippen LogP contribution >= 0.6 is 0 Å². The van der Waals surface area contributed by atoms with Crippen LogP contribution in [0.4, 0.5) is 5.69 Å². The summed E-state index contributed by atoms with van der Waals surface area (Å²) < 4.78 is 0. The second-order valence-electron chi connectivity index (χ2n) is 5.21. The van der Waals surface area contributed by atoms with Gasteiger partial charge in [0.05, 0.1) is 5.92 Å². The summed E-state index contributed by atoms with van der Waals surface area (Å²) in [5.74, 6) is -1.08. The van der Waals surface area contributed by atoms with Gasteiger partial charge >= 0.3 is 5.97 Å². The van der Waals surface area contributed by atoms with E-state index in [4.69, 9.17) is 0 Å². The SMILES string of the molecule is CCc1ccc(N2CC(C(=O)O)CNCC2C)cc1. The Bertz CT molecular complexity index is 430. The van der Waals surface area contributed by atoms with Gasteiger partial charge in [-0.05, 0) is 31.0 Å². The van der Waals surface area contributed by atoms with Gasteiger partial charge in [0.25, 0.3) is 0 Å². The van der Waals surface area contributed by atoms with Gasteiger partial charge in [0.2, 0.25) is 0 Å². The standard InChI is InChI=1S/C15H22N2O2/c1-3-12-4-6-14(7-5-12)17-10-13(15(18)19)9-16-8-11(17)2/h4-7,11,13,16H,3,8-10H2,1-2H3,(H,18,19). The maximum absolute atomic E-state index is 11.2. The second-order valence-corrected chi connectivity index (χ2v) is 5.21. The molecule has 1 heterocycles. The van der Waals surface area contributed by atoms with E-state index in [0.29, 0.717) is 19.1 Å². The van der Waals surface area contributed by atoms with E-state index >= 15 is 0 Å². The third-order valence-electron chi connectivity index (χ3n) is 3.81. The van der Waals surface area contributed by atoms with Crippen LogP contribution in [-0.2, 0) is 11.2 Å². The number of carbonyl (C=O) groups is 1. The largest absolute Gasteiger partial charge is 0.481 e. The quantitative estimate of drug-likeness (QED) is 0.871. The topological polar surface area (TPSA) is 52.6 Å². The van der Waals surface area contributed by atoms with Crippen LogP contribution < -0.4 is 10.2 Å². The molecule has 104 valence electrons. The highest BCUT2D eigenvalue weighted by atomic mass is 16.4. The third-order valence-corrected chi connectivity index (χ3v) is 3.81. The molecular formula is C15H22N2O2. The van der Waals surface area contributed by atoms with Crippen molar-refractivity contribution >= 4 is 11.7 Å². The Morgan fingerprint density at radius 1 is 1.37 bits per heavy atom. The second kappa shape index (κ2) is 6.06. The number of aliphatic carboxylic acids is 1. The number of hydrogen-bond acceptors (Lipinski definition) is 3. The van der Waals surface area contributed by atoms with Crippen molar-refractivity contribution in [1.82, 2.24) is 5.32 Å². The smallest absolute Gasteiger partial charge is 0.309 e. The zero-order chi connectivity index (χ0) is 13.8. The van der Waals surface area contributed by atoms with Gasteiger partial charge in [0.1, 0.15) is 0 Å². The molecule has 1 saturated heterocycles. The van der Waals surface area contributed by atoms with Crippen molar-refractivity contribution in [3.8, 4) is 0 Å². The summed E-state index contributed by atoms with van der Waals surface area (Å²) in [6.07, 6.45) is 1.02. The van der Waals surface area contributed by atoms with Crippen molar-refractivity contribution in [1.29, 1.82) is 0 Å². The number of benzene rings is 1. The summed E-state index contributed by atoms with van der Waals surface area (Å²) in [6.45, 7) is 6.19. The minimum Gasteiger partial charge on any atom is -0.481 e. The number of anilines is 1. The molecule has 2 N–H and O–H groups in total. The highest BCUT2D eigenvalue weighted by molar-refractivity contribution is 5.71. The first-order chi connectivity index (χ1) is 9.11. The molecule has 2 atom stereocenters. The average molecular weight is 262 g/mol. The van der Waals surface area contributed by atoms with Crippen molar-refractivity contribution in [2.24, 2.45) is 5.92 Å². The molecule has 0 amide bonds. The first kappa shape index (κ1) is 13.9. The lowest BCUT2D eigenvalue weighted by Crippen LogP contribution is -2.39. The van der Waals surface area contributed by atoms with Crippen LogP contribution in [0.3, 0.4) is 0 Å². The number of hydrogen-bond donors (Lipinski definition) is 2. The molecule has 0 spiro atoms.